The maximum absolute atomic E-state index is 12.9. The fraction of sp³-hybridized carbons (Fsp3) is 0. The maximum atomic E-state index is 12.9. The van der Waals surface area contributed by atoms with Crippen LogP contribution in [0.15, 0.2) is 23.2 Å². The first-order valence-electron chi connectivity index (χ1n) is 3.26. The summed E-state index contributed by atoms with van der Waals surface area (Å²) in [6.07, 6.45) is 0. The lowest BCUT2D eigenvalue weighted by molar-refractivity contribution is 0.0692. The van der Waals surface area contributed by atoms with Crippen molar-refractivity contribution in [3.8, 4) is 0 Å². The van der Waals surface area contributed by atoms with Gasteiger partial charge in [0, 0.05) is 6.07 Å². The van der Waals surface area contributed by atoms with Crippen LogP contribution in [0.25, 0.3) is 0 Å². The zero-order chi connectivity index (χ0) is 9.84. The van der Waals surface area contributed by atoms with Crippen LogP contribution in [0.3, 0.4) is 0 Å². The minimum absolute atomic E-state index is 0.248. The number of carboxylic acid groups (broad SMARTS) is 1. The zero-order valence-corrected chi connectivity index (χ0v) is 7.14. The van der Waals surface area contributed by atoms with Crippen molar-refractivity contribution >= 4 is 29.0 Å². The van der Waals surface area contributed by atoms with Gasteiger partial charge in [0.2, 0.25) is 0 Å². The van der Waals surface area contributed by atoms with Crippen molar-refractivity contribution < 1.29 is 14.3 Å². The second-order valence-electron chi connectivity index (χ2n) is 2.17. The molecule has 0 unspecified atom stereocenters. The van der Waals surface area contributed by atoms with Crippen LogP contribution in [0.1, 0.15) is 10.4 Å². The predicted octanol–water partition coefficient (Wildman–Crippen LogP) is 2.26. The molecule has 3 nitrogen and oxygen atoms in total. The summed E-state index contributed by atoms with van der Waals surface area (Å²) in [6, 6.07) is 3.47. The number of hydrogen-bond acceptors (Lipinski definition) is 3. The average molecular weight is 197 g/mol. The number of rotatable bonds is 2. The predicted molar refractivity (Wildman–Crippen MR) is 48.0 cm³/mol. The molecular weight excluding hydrogens is 193 g/mol. The van der Waals surface area contributed by atoms with Gasteiger partial charge in [-0.25, -0.2) is 9.18 Å². The highest BCUT2D eigenvalue weighted by Crippen LogP contribution is 2.16. The SMILES string of the molecule is O=C(O)c1ccc(N=C=S)cc1F. The molecule has 1 aromatic carbocycles. The highest BCUT2D eigenvalue weighted by atomic mass is 32.1. The van der Waals surface area contributed by atoms with Crippen LogP contribution in [-0.4, -0.2) is 16.2 Å². The number of carbonyl (C=O) groups is 1. The average Bonchev–Trinajstić information content (AvgIpc) is 2.04. The van der Waals surface area contributed by atoms with Crippen molar-refractivity contribution in [2.75, 3.05) is 0 Å². The Balaban J connectivity index is 3.19. The molecular formula is C8H4FNO2S. The molecule has 0 aliphatic heterocycles. The van der Waals surface area contributed by atoms with Crippen LogP contribution in [0.2, 0.25) is 0 Å². The van der Waals surface area contributed by atoms with Crippen LogP contribution in [0.5, 0.6) is 0 Å². The zero-order valence-electron chi connectivity index (χ0n) is 6.32. The van der Waals surface area contributed by atoms with Gasteiger partial charge in [0.05, 0.1) is 16.4 Å². The summed E-state index contributed by atoms with van der Waals surface area (Å²) in [7, 11) is 0. The third-order valence-corrected chi connectivity index (χ3v) is 1.45. The molecule has 0 aromatic heterocycles. The van der Waals surface area contributed by atoms with Crippen LogP contribution in [0, 0.1) is 5.82 Å². The monoisotopic (exact) mass is 197 g/mol. The fourth-order valence-electron chi connectivity index (χ4n) is 0.800. The van der Waals surface area contributed by atoms with Crippen LogP contribution < -0.4 is 0 Å². The number of aromatic carboxylic acids is 1. The molecule has 0 saturated carbocycles. The van der Waals surface area contributed by atoms with Crippen molar-refractivity contribution in [1.82, 2.24) is 0 Å². The van der Waals surface area contributed by atoms with Gasteiger partial charge in [-0.3, -0.25) is 0 Å². The summed E-state index contributed by atoms with van der Waals surface area (Å²) in [4.78, 5) is 13.9. The van der Waals surface area contributed by atoms with Gasteiger partial charge in [-0.15, -0.1) is 0 Å². The standard InChI is InChI=1S/C8H4FNO2S/c9-7-3-5(10-4-13)1-2-6(7)8(11)12/h1-3H,(H,11,12). The summed E-state index contributed by atoms with van der Waals surface area (Å²) in [5.74, 6) is -2.14. The highest BCUT2D eigenvalue weighted by Gasteiger charge is 2.09. The van der Waals surface area contributed by atoms with Gasteiger partial charge in [0.25, 0.3) is 0 Å². The van der Waals surface area contributed by atoms with Gasteiger partial charge in [0.15, 0.2) is 0 Å². The van der Waals surface area contributed by atoms with E-state index in [1.165, 1.54) is 6.07 Å². The van der Waals surface area contributed by atoms with E-state index in [0.29, 0.717) is 0 Å². The molecule has 0 saturated heterocycles. The van der Waals surface area contributed by atoms with Gasteiger partial charge in [-0.05, 0) is 24.4 Å². The van der Waals surface area contributed by atoms with Crippen molar-refractivity contribution in [3.63, 3.8) is 0 Å². The highest BCUT2D eigenvalue weighted by molar-refractivity contribution is 7.78. The Hall–Kier alpha value is -1.58. The molecule has 0 aliphatic carbocycles. The van der Waals surface area contributed by atoms with Gasteiger partial charge in [-0.2, -0.15) is 4.99 Å². The van der Waals surface area contributed by atoms with Crippen LogP contribution >= 0.6 is 12.2 Å². The smallest absolute Gasteiger partial charge is 0.338 e. The Morgan fingerprint density at radius 1 is 1.62 bits per heavy atom. The van der Waals surface area contributed by atoms with Crippen molar-refractivity contribution in [2.24, 2.45) is 4.99 Å². The number of halogens is 1. The molecule has 1 N–H and O–H groups in total. The molecule has 0 fully saturated rings. The molecule has 0 atom stereocenters. The number of benzene rings is 1. The molecule has 0 bridgehead atoms. The number of thiocarbonyl (C=S) groups is 1. The minimum Gasteiger partial charge on any atom is -0.478 e. The van der Waals surface area contributed by atoms with E-state index in [4.69, 9.17) is 5.11 Å². The Morgan fingerprint density at radius 3 is 2.77 bits per heavy atom. The molecule has 0 radical (unpaired) electrons. The van der Waals surface area contributed by atoms with E-state index in [2.05, 4.69) is 22.4 Å². The van der Waals surface area contributed by atoms with Gasteiger partial charge >= 0.3 is 5.97 Å². The van der Waals surface area contributed by atoms with E-state index in [1.807, 2.05) is 0 Å². The van der Waals surface area contributed by atoms with Crippen LogP contribution in [0.4, 0.5) is 10.1 Å². The van der Waals surface area contributed by atoms with E-state index in [0.717, 1.165) is 12.1 Å². The van der Waals surface area contributed by atoms with E-state index < -0.39 is 11.8 Å². The Morgan fingerprint density at radius 2 is 2.31 bits per heavy atom. The van der Waals surface area contributed by atoms with Gasteiger partial charge < -0.3 is 5.11 Å². The molecule has 66 valence electrons. The maximum Gasteiger partial charge on any atom is 0.338 e. The number of carboxylic acids is 1. The molecule has 0 amide bonds. The first-order valence-corrected chi connectivity index (χ1v) is 3.66. The normalized spacial score (nSPS) is 9.00. The van der Waals surface area contributed by atoms with E-state index in [9.17, 15) is 9.18 Å². The van der Waals surface area contributed by atoms with Crippen molar-refractivity contribution in [1.29, 1.82) is 0 Å². The Kier molecular flexibility index (Phi) is 2.84. The van der Waals surface area contributed by atoms with Gasteiger partial charge in [0.1, 0.15) is 5.82 Å². The van der Waals surface area contributed by atoms with E-state index in [1.54, 1.807) is 0 Å². The second kappa shape index (κ2) is 3.89. The Labute approximate surface area is 78.5 Å². The molecule has 1 rings (SSSR count). The summed E-state index contributed by atoms with van der Waals surface area (Å²) in [5, 5.41) is 10.5. The van der Waals surface area contributed by atoms with E-state index in [-0.39, 0.29) is 11.3 Å². The molecule has 0 aliphatic rings. The number of nitrogens with zero attached hydrogens (tertiary/aromatic N) is 1. The largest absolute Gasteiger partial charge is 0.478 e. The number of aliphatic imine (C=N–C) groups is 1. The van der Waals surface area contributed by atoms with Gasteiger partial charge in [-0.1, -0.05) is 0 Å². The first-order chi connectivity index (χ1) is 6.15. The first kappa shape index (κ1) is 9.51. The van der Waals surface area contributed by atoms with E-state index >= 15 is 0 Å². The summed E-state index contributed by atoms with van der Waals surface area (Å²) < 4.78 is 12.9. The van der Waals surface area contributed by atoms with Crippen molar-refractivity contribution in [2.45, 2.75) is 0 Å². The number of isothiocyanates is 1. The number of hydrogen-bond donors (Lipinski definition) is 1. The fourth-order valence-corrected chi connectivity index (χ4v) is 0.905. The summed E-state index contributed by atoms with van der Waals surface area (Å²) in [5.41, 5.74) is -0.138. The molecule has 1 aromatic rings. The molecule has 13 heavy (non-hydrogen) atoms. The second-order valence-corrected chi connectivity index (χ2v) is 2.35. The quantitative estimate of drug-likeness (QED) is 0.584. The minimum atomic E-state index is -1.31. The molecule has 0 heterocycles. The lowest BCUT2D eigenvalue weighted by Gasteiger charge is -1.96. The van der Waals surface area contributed by atoms with Crippen LogP contribution in [-0.2, 0) is 0 Å². The summed E-state index contributed by atoms with van der Waals surface area (Å²) >= 11 is 4.31. The lowest BCUT2D eigenvalue weighted by Crippen LogP contribution is -1.99. The Bertz CT molecular complexity index is 399. The third kappa shape index (κ3) is 2.18. The molecule has 0 spiro atoms. The summed E-state index contributed by atoms with van der Waals surface area (Å²) in [6.45, 7) is 0. The molecule has 5 heteroatoms. The lowest BCUT2D eigenvalue weighted by atomic mass is 10.2. The third-order valence-electron chi connectivity index (χ3n) is 1.36. The van der Waals surface area contributed by atoms with Crippen molar-refractivity contribution in [3.05, 3.63) is 29.6 Å². The topological polar surface area (TPSA) is 49.7 Å².